The van der Waals surface area contributed by atoms with Crippen LogP contribution in [0.3, 0.4) is 0 Å². The number of hydrazine groups is 1. The molecule has 0 aromatic heterocycles. The third kappa shape index (κ3) is 4.03. The maximum absolute atomic E-state index is 13.6. The molecule has 0 spiro atoms. The minimum absolute atomic E-state index is 0.0803. The molecular formula is C15H14F4N2. The van der Waals surface area contributed by atoms with E-state index < -0.39 is 29.3 Å². The van der Waals surface area contributed by atoms with Crippen molar-refractivity contribution in [2.45, 2.75) is 18.9 Å². The second kappa shape index (κ2) is 6.69. The molecule has 1 atom stereocenters. The molecule has 0 aliphatic heterocycles. The zero-order chi connectivity index (χ0) is 15.4. The van der Waals surface area contributed by atoms with Gasteiger partial charge in [0.15, 0.2) is 0 Å². The van der Waals surface area contributed by atoms with Crippen molar-refractivity contribution >= 4 is 0 Å². The molecule has 0 fully saturated rings. The van der Waals surface area contributed by atoms with E-state index in [1.54, 1.807) is 0 Å². The summed E-state index contributed by atoms with van der Waals surface area (Å²) < 4.78 is 53.1. The maximum atomic E-state index is 13.6. The van der Waals surface area contributed by atoms with Gasteiger partial charge in [0.2, 0.25) is 0 Å². The summed E-state index contributed by atoms with van der Waals surface area (Å²) in [4.78, 5) is 0. The van der Waals surface area contributed by atoms with Crippen molar-refractivity contribution in [1.29, 1.82) is 0 Å². The molecule has 0 saturated heterocycles. The van der Waals surface area contributed by atoms with Crippen LogP contribution in [0, 0.1) is 23.3 Å². The van der Waals surface area contributed by atoms with Crippen LogP contribution in [0.2, 0.25) is 0 Å². The quantitative estimate of drug-likeness (QED) is 0.506. The highest BCUT2D eigenvalue weighted by atomic mass is 19.1. The minimum Gasteiger partial charge on any atom is -0.271 e. The van der Waals surface area contributed by atoms with Gasteiger partial charge in [0, 0.05) is 12.1 Å². The Morgan fingerprint density at radius 3 is 2.10 bits per heavy atom. The Hall–Kier alpha value is -1.92. The zero-order valence-corrected chi connectivity index (χ0v) is 11.0. The predicted octanol–water partition coefficient (Wildman–Crippen LogP) is 2.86. The molecule has 0 aliphatic rings. The Balaban J connectivity index is 2.14. The molecule has 1 unspecified atom stereocenters. The average molecular weight is 298 g/mol. The van der Waals surface area contributed by atoms with Gasteiger partial charge in [-0.25, -0.2) is 17.6 Å². The van der Waals surface area contributed by atoms with Gasteiger partial charge in [-0.1, -0.05) is 6.07 Å². The van der Waals surface area contributed by atoms with E-state index in [2.05, 4.69) is 5.43 Å². The Morgan fingerprint density at radius 2 is 1.43 bits per heavy atom. The molecule has 2 aromatic rings. The second-order valence-corrected chi connectivity index (χ2v) is 4.74. The van der Waals surface area contributed by atoms with Gasteiger partial charge in [-0.2, -0.15) is 0 Å². The molecule has 0 aliphatic carbocycles. The van der Waals surface area contributed by atoms with Gasteiger partial charge >= 0.3 is 0 Å². The first-order valence-electron chi connectivity index (χ1n) is 6.33. The van der Waals surface area contributed by atoms with Crippen molar-refractivity contribution in [1.82, 2.24) is 5.43 Å². The fraction of sp³-hybridized carbons (Fsp3) is 0.200. The minimum atomic E-state index is -0.699. The average Bonchev–Trinajstić information content (AvgIpc) is 2.44. The van der Waals surface area contributed by atoms with Crippen LogP contribution in [-0.2, 0) is 12.8 Å². The summed E-state index contributed by atoms with van der Waals surface area (Å²) in [6, 6.07) is 5.80. The molecule has 0 amide bonds. The largest absolute Gasteiger partial charge is 0.271 e. The van der Waals surface area contributed by atoms with Gasteiger partial charge in [-0.05, 0) is 48.2 Å². The number of rotatable bonds is 5. The molecule has 2 rings (SSSR count). The van der Waals surface area contributed by atoms with Crippen LogP contribution in [0.25, 0.3) is 0 Å². The molecule has 0 radical (unpaired) electrons. The van der Waals surface area contributed by atoms with E-state index in [9.17, 15) is 17.6 Å². The Labute approximate surface area is 119 Å². The molecule has 112 valence electrons. The van der Waals surface area contributed by atoms with Gasteiger partial charge in [0.05, 0.1) is 0 Å². The topological polar surface area (TPSA) is 38.0 Å². The zero-order valence-electron chi connectivity index (χ0n) is 11.0. The normalized spacial score (nSPS) is 12.4. The summed E-state index contributed by atoms with van der Waals surface area (Å²) in [6.45, 7) is 0. The fourth-order valence-electron chi connectivity index (χ4n) is 2.11. The SMILES string of the molecule is NNC(Cc1ccc(F)cc1F)Cc1cc(F)ccc1F. The first-order chi connectivity index (χ1) is 9.99. The molecule has 3 N–H and O–H groups in total. The standard InChI is InChI=1S/C15H14F4N2/c16-11-3-4-14(18)10(5-11)7-13(21-20)6-9-1-2-12(17)8-15(9)19/h1-5,8,13,21H,6-7,20H2. The summed E-state index contributed by atoms with van der Waals surface area (Å²) in [7, 11) is 0. The molecule has 0 saturated carbocycles. The molecule has 6 heteroatoms. The third-order valence-electron chi connectivity index (χ3n) is 3.19. The van der Waals surface area contributed by atoms with E-state index in [0.717, 1.165) is 30.3 Å². The third-order valence-corrected chi connectivity index (χ3v) is 3.19. The molecular weight excluding hydrogens is 284 g/mol. The van der Waals surface area contributed by atoms with Crippen molar-refractivity contribution in [2.24, 2.45) is 5.84 Å². The van der Waals surface area contributed by atoms with Gasteiger partial charge in [0.25, 0.3) is 0 Å². The molecule has 0 heterocycles. The summed E-state index contributed by atoms with van der Waals surface area (Å²) in [5.41, 5.74) is 2.82. The van der Waals surface area contributed by atoms with E-state index in [1.165, 1.54) is 6.07 Å². The Kier molecular flexibility index (Phi) is 4.93. The number of nitrogens with one attached hydrogen (secondary N) is 1. The molecule has 21 heavy (non-hydrogen) atoms. The van der Waals surface area contributed by atoms with E-state index in [0.29, 0.717) is 0 Å². The first kappa shape index (κ1) is 15.5. The van der Waals surface area contributed by atoms with E-state index in [-0.39, 0.29) is 24.0 Å². The van der Waals surface area contributed by atoms with Crippen LogP contribution in [0.15, 0.2) is 36.4 Å². The highest BCUT2D eigenvalue weighted by Crippen LogP contribution is 2.16. The molecule has 2 nitrogen and oxygen atoms in total. The monoisotopic (exact) mass is 298 g/mol. The van der Waals surface area contributed by atoms with Crippen LogP contribution in [0.1, 0.15) is 11.1 Å². The Bertz CT molecular complexity index is 631. The van der Waals surface area contributed by atoms with E-state index in [4.69, 9.17) is 5.84 Å². The lowest BCUT2D eigenvalue weighted by molar-refractivity contribution is 0.489. The summed E-state index contributed by atoms with van der Waals surface area (Å²) in [5.74, 6) is 2.88. The van der Waals surface area contributed by atoms with Crippen molar-refractivity contribution < 1.29 is 17.6 Å². The lowest BCUT2D eigenvalue weighted by Crippen LogP contribution is -2.38. The predicted molar refractivity (Wildman–Crippen MR) is 71.2 cm³/mol. The van der Waals surface area contributed by atoms with Gasteiger partial charge < -0.3 is 0 Å². The van der Waals surface area contributed by atoms with Crippen molar-refractivity contribution in [3.63, 3.8) is 0 Å². The summed E-state index contributed by atoms with van der Waals surface area (Å²) in [5, 5.41) is 0. The maximum Gasteiger partial charge on any atom is 0.129 e. The van der Waals surface area contributed by atoms with Crippen molar-refractivity contribution in [3.05, 3.63) is 70.8 Å². The lowest BCUT2D eigenvalue weighted by Gasteiger charge is -2.17. The number of nitrogens with two attached hydrogens (primary N) is 1. The highest BCUT2D eigenvalue weighted by Gasteiger charge is 2.15. The van der Waals surface area contributed by atoms with E-state index >= 15 is 0 Å². The van der Waals surface area contributed by atoms with Crippen molar-refractivity contribution in [2.75, 3.05) is 0 Å². The summed E-state index contributed by atoms with van der Waals surface area (Å²) >= 11 is 0. The highest BCUT2D eigenvalue weighted by molar-refractivity contribution is 5.23. The van der Waals surface area contributed by atoms with Crippen LogP contribution in [0.4, 0.5) is 17.6 Å². The van der Waals surface area contributed by atoms with Gasteiger partial charge in [0.1, 0.15) is 23.3 Å². The van der Waals surface area contributed by atoms with Crippen LogP contribution in [-0.4, -0.2) is 6.04 Å². The molecule has 0 bridgehead atoms. The molecule has 2 aromatic carbocycles. The first-order valence-corrected chi connectivity index (χ1v) is 6.33. The lowest BCUT2D eigenvalue weighted by atomic mass is 9.98. The second-order valence-electron chi connectivity index (χ2n) is 4.74. The number of hydrogen-bond donors (Lipinski definition) is 2. The van der Waals surface area contributed by atoms with Crippen LogP contribution in [0.5, 0.6) is 0 Å². The summed E-state index contributed by atoms with van der Waals surface area (Å²) in [6.07, 6.45) is 0.204. The van der Waals surface area contributed by atoms with Crippen molar-refractivity contribution in [3.8, 4) is 0 Å². The number of hydrogen-bond acceptors (Lipinski definition) is 2. The van der Waals surface area contributed by atoms with Crippen LogP contribution < -0.4 is 11.3 Å². The van der Waals surface area contributed by atoms with Gasteiger partial charge in [-0.15, -0.1) is 0 Å². The van der Waals surface area contributed by atoms with Crippen LogP contribution >= 0.6 is 0 Å². The fourth-order valence-corrected chi connectivity index (χ4v) is 2.11. The number of benzene rings is 2. The smallest absolute Gasteiger partial charge is 0.129 e. The Morgan fingerprint density at radius 1 is 0.810 bits per heavy atom. The van der Waals surface area contributed by atoms with E-state index in [1.807, 2.05) is 0 Å². The van der Waals surface area contributed by atoms with Gasteiger partial charge in [-0.3, -0.25) is 11.3 Å². The number of halogens is 4.